The molecule has 3 amide bonds. The Morgan fingerprint density at radius 3 is 1.89 bits per heavy atom. The number of carboxylic acid groups (broad SMARTS) is 1. The summed E-state index contributed by atoms with van der Waals surface area (Å²) in [5.74, 6) is -3.41. The van der Waals surface area contributed by atoms with Crippen molar-refractivity contribution in [3.63, 3.8) is 0 Å². The molecule has 0 saturated carbocycles. The van der Waals surface area contributed by atoms with Gasteiger partial charge in [0.15, 0.2) is 5.96 Å². The van der Waals surface area contributed by atoms with Crippen molar-refractivity contribution < 1.29 is 24.3 Å². The SMILES string of the molecule is CCC(C)C(NC(=O)C(NC(=O)C(CCCCN)NC(=O)C(N)CCCN=C(N)N)C(C)CC)C(=O)O. The molecule has 6 unspecified atom stereocenters. The van der Waals surface area contributed by atoms with Gasteiger partial charge in [-0.1, -0.05) is 40.5 Å². The van der Waals surface area contributed by atoms with Crippen molar-refractivity contribution in [3.8, 4) is 0 Å². The van der Waals surface area contributed by atoms with Crippen LogP contribution in [0.2, 0.25) is 0 Å². The number of amides is 3. The quantitative estimate of drug-likeness (QED) is 0.0589. The van der Waals surface area contributed by atoms with Crippen LogP contribution in [0.1, 0.15) is 72.6 Å². The Hall–Kier alpha value is -2.93. The number of aliphatic carboxylic acids is 1. The van der Waals surface area contributed by atoms with Gasteiger partial charge in [0.05, 0.1) is 6.04 Å². The number of aliphatic imine (C=N–C) groups is 1. The number of hydrogen-bond donors (Lipinski definition) is 8. The van der Waals surface area contributed by atoms with Crippen molar-refractivity contribution in [3.05, 3.63) is 0 Å². The summed E-state index contributed by atoms with van der Waals surface area (Å²) in [4.78, 5) is 54.5. The lowest BCUT2D eigenvalue weighted by atomic mass is 9.95. The molecule has 0 rings (SSSR count). The second kappa shape index (κ2) is 18.3. The molecule has 0 aliphatic rings. The third kappa shape index (κ3) is 13.3. The molecule has 13 heteroatoms. The van der Waals surface area contributed by atoms with Crippen molar-refractivity contribution in [1.82, 2.24) is 16.0 Å². The van der Waals surface area contributed by atoms with Crippen LogP contribution < -0.4 is 38.9 Å². The standard InChI is InChI=1S/C24H48N8O5/c1-5-14(3)18(22(35)32-19(23(36)37)15(4)6-2)31-21(34)17(11-7-8-12-25)30-20(33)16(26)10-9-13-29-24(27)28/h14-19H,5-13,25-26H2,1-4H3,(H,30,33)(H,31,34)(H,32,35)(H,36,37)(H4,27,28,29). The second-order valence-corrected chi connectivity index (χ2v) is 9.48. The van der Waals surface area contributed by atoms with Crippen molar-refractivity contribution in [1.29, 1.82) is 0 Å². The molecule has 0 radical (unpaired) electrons. The van der Waals surface area contributed by atoms with Crippen LogP contribution in [0.25, 0.3) is 0 Å². The average Bonchev–Trinajstić information content (AvgIpc) is 2.85. The number of hydrogen-bond acceptors (Lipinski definition) is 7. The maximum Gasteiger partial charge on any atom is 0.326 e. The van der Waals surface area contributed by atoms with Crippen LogP contribution in [0.4, 0.5) is 0 Å². The van der Waals surface area contributed by atoms with Gasteiger partial charge in [0.2, 0.25) is 17.7 Å². The molecule has 6 atom stereocenters. The van der Waals surface area contributed by atoms with E-state index in [-0.39, 0.29) is 17.8 Å². The summed E-state index contributed by atoms with van der Waals surface area (Å²) in [6.07, 6.45) is 3.43. The molecule has 37 heavy (non-hydrogen) atoms. The molecule has 0 aliphatic heterocycles. The Morgan fingerprint density at radius 2 is 1.38 bits per heavy atom. The average molecular weight is 529 g/mol. The van der Waals surface area contributed by atoms with Gasteiger partial charge in [-0.2, -0.15) is 0 Å². The van der Waals surface area contributed by atoms with Gasteiger partial charge in [-0.15, -0.1) is 0 Å². The van der Waals surface area contributed by atoms with Crippen LogP contribution in [0.15, 0.2) is 4.99 Å². The largest absolute Gasteiger partial charge is 0.480 e. The van der Waals surface area contributed by atoms with Crippen LogP contribution >= 0.6 is 0 Å². The Labute approximate surface area is 219 Å². The number of guanidine groups is 1. The highest BCUT2D eigenvalue weighted by molar-refractivity contribution is 5.94. The van der Waals surface area contributed by atoms with Gasteiger partial charge in [-0.05, 0) is 50.5 Å². The molecule has 0 aromatic carbocycles. The van der Waals surface area contributed by atoms with E-state index in [1.54, 1.807) is 13.8 Å². The fourth-order valence-corrected chi connectivity index (χ4v) is 3.57. The minimum atomic E-state index is -1.14. The van der Waals surface area contributed by atoms with E-state index in [1.807, 2.05) is 13.8 Å². The van der Waals surface area contributed by atoms with Gasteiger partial charge in [-0.3, -0.25) is 19.4 Å². The highest BCUT2D eigenvalue weighted by Crippen LogP contribution is 2.13. The fourth-order valence-electron chi connectivity index (χ4n) is 3.57. The van der Waals surface area contributed by atoms with E-state index in [9.17, 15) is 24.3 Å². The van der Waals surface area contributed by atoms with Crippen LogP contribution in [0.5, 0.6) is 0 Å². The van der Waals surface area contributed by atoms with Crippen molar-refractivity contribution in [2.24, 2.45) is 39.8 Å². The first-order valence-corrected chi connectivity index (χ1v) is 13.0. The Kier molecular flexibility index (Phi) is 16.9. The summed E-state index contributed by atoms with van der Waals surface area (Å²) in [6.45, 7) is 7.97. The van der Waals surface area contributed by atoms with Gasteiger partial charge < -0.3 is 44.0 Å². The molecule has 0 spiro atoms. The number of carbonyl (C=O) groups is 4. The third-order valence-corrected chi connectivity index (χ3v) is 6.45. The predicted octanol–water partition coefficient (Wildman–Crippen LogP) is -0.872. The molecule has 0 aromatic rings. The number of rotatable bonds is 19. The van der Waals surface area contributed by atoms with Crippen molar-refractivity contribution in [2.75, 3.05) is 13.1 Å². The van der Waals surface area contributed by atoms with Crippen LogP contribution in [0.3, 0.4) is 0 Å². The molecule has 12 N–H and O–H groups in total. The molecular formula is C24H48N8O5. The number of nitrogens with one attached hydrogen (secondary N) is 3. The smallest absolute Gasteiger partial charge is 0.326 e. The molecule has 0 bridgehead atoms. The minimum Gasteiger partial charge on any atom is -0.480 e. The summed E-state index contributed by atoms with van der Waals surface area (Å²) >= 11 is 0. The fraction of sp³-hybridized carbons (Fsp3) is 0.792. The molecule has 0 aliphatic carbocycles. The first-order valence-electron chi connectivity index (χ1n) is 13.0. The number of unbranched alkanes of at least 4 members (excludes halogenated alkanes) is 1. The maximum absolute atomic E-state index is 13.2. The molecular weight excluding hydrogens is 480 g/mol. The van der Waals surface area contributed by atoms with E-state index in [1.165, 1.54) is 0 Å². The zero-order chi connectivity index (χ0) is 28.5. The lowest BCUT2D eigenvalue weighted by Crippen LogP contribution is -2.59. The number of carboxylic acids is 1. The first-order chi connectivity index (χ1) is 17.4. The summed E-state index contributed by atoms with van der Waals surface area (Å²) in [6, 6.07) is -3.88. The Morgan fingerprint density at radius 1 is 0.811 bits per heavy atom. The molecule has 0 fully saturated rings. The van der Waals surface area contributed by atoms with E-state index in [2.05, 4.69) is 20.9 Å². The molecule has 0 aromatic heterocycles. The monoisotopic (exact) mass is 528 g/mol. The summed E-state index contributed by atoms with van der Waals surface area (Å²) in [5.41, 5.74) is 22.1. The lowest BCUT2D eigenvalue weighted by Gasteiger charge is -2.29. The number of nitrogens with two attached hydrogens (primary N) is 4. The molecule has 0 saturated heterocycles. The molecule has 0 heterocycles. The van der Waals surface area contributed by atoms with Gasteiger partial charge in [0.1, 0.15) is 18.1 Å². The predicted molar refractivity (Wildman–Crippen MR) is 143 cm³/mol. The highest BCUT2D eigenvalue weighted by atomic mass is 16.4. The van der Waals surface area contributed by atoms with Gasteiger partial charge >= 0.3 is 5.97 Å². The number of nitrogens with zero attached hydrogens (tertiary/aromatic N) is 1. The lowest BCUT2D eigenvalue weighted by molar-refractivity contribution is -0.144. The number of carbonyl (C=O) groups excluding carboxylic acids is 3. The van der Waals surface area contributed by atoms with Crippen LogP contribution in [0, 0.1) is 11.8 Å². The molecule has 13 nitrogen and oxygen atoms in total. The van der Waals surface area contributed by atoms with Crippen LogP contribution in [-0.4, -0.2) is 72.0 Å². The van der Waals surface area contributed by atoms with Gasteiger partial charge in [-0.25, -0.2) is 4.79 Å². The Balaban J connectivity index is 5.51. The van der Waals surface area contributed by atoms with E-state index in [0.29, 0.717) is 58.0 Å². The highest BCUT2D eigenvalue weighted by Gasteiger charge is 2.33. The van der Waals surface area contributed by atoms with E-state index in [4.69, 9.17) is 22.9 Å². The Bertz CT molecular complexity index is 759. The van der Waals surface area contributed by atoms with E-state index < -0.39 is 47.9 Å². The first kappa shape index (κ1) is 34.1. The summed E-state index contributed by atoms with van der Waals surface area (Å²) < 4.78 is 0. The molecule has 214 valence electrons. The van der Waals surface area contributed by atoms with Crippen LogP contribution in [-0.2, 0) is 19.2 Å². The second-order valence-electron chi connectivity index (χ2n) is 9.48. The summed E-state index contributed by atoms with van der Waals surface area (Å²) in [5, 5.41) is 17.5. The van der Waals surface area contributed by atoms with E-state index >= 15 is 0 Å². The van der Waals surface area contributed by atoms with Gasteiger partial charge in [0, 0.05) is 6.54 Å². The van der Waals surface area contributed by atoms with Gasteiger partial charge in [0.25, 0.3) is 0 Å². The van der Waals surface area contributed by atoms with E-state index in [0.717, 1.165) is 0 Å². The third-order valence-electron chi connectivity index (χ3n) is 6.45. The van der Waals surface area contributed by atoms with Crippen molar-refractivity contribution in [2.45, 2.75) is 96.8 Å². The topological polar surface area (TPSA) is 241 Å². The minimum absolute atomic E-state index is 0.0478. The maximum atomic E-state index is 13.2. The zero-order valence-corrected chi connectivity index (χ0v) is 22.7. The summed E-state index contributed by atoms with van der Waals surface area (Å²) in [7, 11) is 0. The zero-order valence-electron chi connectivity index (χ0n) is 22.7. The van der Waals surface area contributed by atoms with Crippen molar-refractivity contribution >= 4 is 29.7 Å². The normalized spacial score (nSPS) is 15.8.